The third-order valence-corrected chi connectivity index (χ3v) is 7.28. The Balaban J connectivity index is 1.41. The highest BCUT2D eigenvalue weighted by Gasteiger charge is 2.52. The van der Waals surface area contributed by atoms with Gasteiger partial charge in [-0.15, -0.1) is 0 Å². The topological polar surface area (TPSA) is 50.4 Å². The second-order valence-electron chi connectivity index (χ2n) is 10.5. The highest BCUT2D eigenvalue weighted by molar-refractivity contribution is 5.80. The van der Waals surface area contributed by atoms with Crippen molar-refractivity contribution < 1.29 is 35.9 Å². The molecule has 10 heteroatoms. The van der Waals surface area contributed by atoms with E-state index in [-0.39, 0.29) is 29.5 Å². The summed E-state index contributed by atoms with van der Waals surface area (Å²) in [5.74, 6) is -0.399. The molecule has 4 rings (SSSR count). The molecular weight excluding hydrogens is 498 g/mol. The largest absolute Gasteiger partial charge is 0.416 e. The minimum Gasteiger partial charge on any atom is -0.372 e. The zero-order chi connectivity index (χ0) is 27.2. The van der Waals surface area contributed by atoms with Crippen molar-refractivity contribution in [1.82, 2.24) is 10.6 Å². The van der Waals surface area contributed by atoms with Gasteiger partial charge in [0.1, 0.15) is 0 Å². The molecule has 4 atom stereocenters. The fourth-order valence-corrected chi connectivity index (χ4v) is 5.66. The van der Waals surface area contributed by atoms with Crippen LogP contribution in [-0.4, -0.2) is 23.6 Å². The van der Waals surface area contributed by atoms with Gasteiger partial charge in [-0.2, -0.15) is 26.3 Å². The fraction of sp³-hybridized carbons (Fsp3) is 0.519. The number of aryl methyl sites for hydroxylation is 2. The van der Waals surface area contributed by atoms with E-state index in [2.05, 4.69) is 16.7 Å². The molecular formula is C27H30F6N2O2. The van der Waals surface area contributed by atoms with Crippen LogP contribution in [0.4, 0.5) is 26.3 Å². The number of rotatable bonds is 6. The zero-order valence-corrected chi connectivity index (χ0v) is 20.8. The molecule has 2 saturated heterocycles. The minimum absolute atomic E-state index is 0.0746. The van der Waals surface area contributed by atoms with Crippen molar-refractivity contribution in [2.75, 3.05) is 0 Å². The molecule has 4 unspecified atom stereocenters. The predicted molar refractivity (Wildman–Crippen MR) is 125 cm³/mol. The lowest BCUT2D eigenvalue weighted by atomic mass is 9.88. The monoisotopic (exact) mass is 528 g/mol. The number of ether oxygens (including phenoxy) is 1. The van der Waals surface area contributed by atoms with Gasteiger partial charge in [0, 0.05) is 18.1 Å². The van der Waals surface area contributed by atoms with Crippen LogP contribution in [0.15, 0.2) is 36.4 Å². The van der Waals surface area contributed by atoms with E-state index in [1.165, 1.54) is 0 Å². The summed E-state index contributed by atoms with van der Waals surface area (Å²) in [4.78, 5) is 13.0. The van der Waals surface area contributed by atoms with E-state index < -0.39 is 41.7 Å². The lowest BCUT2D eigenvalue weighted by molar-refractivity contribution is -0.143. The molecule has 2 N–H and O–H groups in total. The Hall–Kier alpha value is -2.59. The molecule has 0 aromatic heterocycles. The fourth-order valence-electron chi connectivity index (χ4n) is 5.66. The van der Waals surface area contributed by atoms with Gasteiger partial charge in [-0.25, -0.2) is 0 Å². The smallest absolute Gasteiger partial charge is 0.372 e. The van der Waals surface area contributed by atoms with Crippen LogP contribution in [0.3, 0.4) is 0 Å². The molecule has 0 saturated carbocycles. The Morgan fingerprint density at radius 3 is 2.11 bits per heavy atom. The summed E-state index contributed by atoms with van der Waals surface area (Å²) in [6.07, 6.45) is -8.68. The van der Waals surface area contributed by atoms with Gasteiger partial charge in [0.25, 0.3) is 0 Å². The Bertz CT molecular complexity index is 1110. The second kappa shape index (κ2) is 9.94. The quantitative estimate of drug-likeness (QED) is 0.448. The van der Waals surface area contributed by atoms with Crippen molar-refractivity contribution in [3.63, 3.8) is 0 Å². The molecule has 0 spiro atoms. The van der Waals surface area contributed by atoms with Gasteiger partial charge in [0.15, 0.2) is 0 Å². The number of hydrogen-bond donors (Lipinski definition) is 2. The van der Waals surface area contributed by atoms with Crippen LogP contribution in [0, 0.1) is 19.8 Å². The van der Waals surface area contributed by atoms with E-state index in [0.29, 0.717) is 37.9 Å². The van der Waals surface area contributed by atoms with Gasteiger partial charge >= 0.3 is 12.4 Å². The molecule has 0 aliphatic carbocycles. The van der Waals surface area contributed by atoms with Crippen molar-refractivity contribution in [2.24, 2.45) is 5.92 Å². The van der Waals surface area contributed by atoms with Crippen LogP contribution in [0.25, 0.3) is 0 Å². The SMILES string of the molecule is Cc1cc(C)cc(CNC(=O)C2CC3(C)NC2CCC3OCc2cc(C(F)(F)F)cc(C(F)(F)F)c2)c1. The van der Waals surface area contributed by atoms with Gasteiger partial charge in [-0.3, -0.25) is 4.79 Å². The molecule has 37 heavy (non-hydrogen) atoms. The number of carbonyl (C=O) groups excluding carboxylic acids is 1. The summed E-state index contributed by atoms with van der Waals surface area (Å²) in [7, 11) is 0. The van der Waals surface area contributed by atoms with Gasteiger partial charge < -0.3 is 15.4 Å². The average molecular weight is 529 g/mol. The van der Waals surface area contributed by atoms with Gasteiger partial charge in [0.2, 0.25) is 5.91 Å². The number of fused-ring (bicyclic) bond motifs is 2. The highest BCUT2D eigenvalue weighted by Crippen LogP contribution is 2.42. The first-order chi connectivity index (χ1) is 17.1. The number of halogens is 6. The summed E-state index contributed by atoms with van der Waals surface area (Å²) in [6, 6.07) is 7.50. The van der Waals surface area contributed by atoms with E-state index in [1.807, 2.05) is 32.9 Å². The number of carbonyl (C=O) groups is 1. The minimum atomic E-state index is -4.91. The van der Waals surface area contributed by atoms with Crippen molar-refractivity contribution in [1.29, 1.82) is 0 Å². The number of amides is 1. The molecule has 0 radical (unpaired) electrons. The van der Waals surface area contributed by atoms with E-state index in [4.69, 9.17) is 4.74 Å². The Labute approximate surface area is 211 Å². The van der Waals surface area contributed by atoms with E-state index in [1.54, 1.807) is 0 Å². The molecule has 4 nitrogen and oxygen atoms in total. The standard InChI is InChI=1S/C27H30F6N2O2/c1-15-6-16(2)8-17(7-15)13-34-24(36)21-12-25(3)23(5-4-22(21)35-25)37-14-18-9-19(26(28,29)30)11-20(10-18)27(31,32)33/h6-11,21-23,35H,4-5,12-14H2,1-3H3,(H,34,36). The first-order valence-electron chi connectivity index (χ1n) is 12.2. The zero-order valence-electron chi connectivity index (χ0n) is 20.8. The molecule has 2 aromatic rings. The van der Waals surface area contributed by atoms with Crippen LogP contribution < -0.4 is 10.6 Å². The lowest BCUT2D eigenvalue weighted by Crippen LogP contribution is -2.55. The number of hydrogen-bond acceptors (Lipinski definition) is 3. The van der Waals surface area contributed by atoms with Gasteiger partial charge in [0.05, 0.1) is 29.8 Å². The van der Waals surface area contributed by atoms with Crippen molar-refractivity contribution in [2.45, 2.75) is 83.2 Å². The molecule has 2 aromatic carbocycles. The van der Waals surface area contributed by atoms with Crippen molar-refractivity contribution in [3.05, 3.63) is 69.8 Å². The molecule has 2 aliphatic heterocycles. The third kappa shape index (κ3) is 6.29. The van der Waals surface area contributed by atoms with Gasteiger partial charge in [-0.05, 0) is 69.4 Å². The van der Waals surface area contributed by atoms with Crippen LogP contribution >= 0.6 is 0 Å². The molecule has 1 amide bonds. The first kappa shape index (κ1) is 27.4. The lowest BCUT2D eigenvalue weighted by Gasteiger charge is -2.39. The molecule has 202 valence electrons. The van der Waals surface area contributed by atoms with Crippen LogP contribution in [0.2, 0.25) is 0 Å². The van der Waals surface area contributed by atoms with E-state index in [0.717, 1.165) is 16.7 Å². The van der Waals surface area contributed by atoms with Gasteiger partial charge in [-0.1, -0.05) is 29.3 Å². The Kier molecular flexibility index (Phi) is 7.38. The third-order valence-electron chi connectivity index (χ3n) is 7.28. The summed E-state index contributed by atoms with van der Waals surface area (Å²) >= 11 is 0. The number of piperidine rings is 1. The summed E-state index contributed by atoms with van der Waals surface area (Å²) in [5.41, 5.74) is -0.332. The number of benzene rings is 2. The predicted octanol–water partition coefficient (Wildman–Crippen LogP) is 6.07. The number of nitrogens with one attached hydrogen (secondary N) is 2. The summed E-state index contributed by atoms with van der Waals surface area (Å²) in [5, 5.41) is 6.43. The first-order valence-corrected chi connectivity index (χ1v) is 12.2. The maximum Gasteiger partial charge on any atom is 0.416 e. The van der Waals surface area contributed by atoms with Crippen LogP contribution in [0.1, 0.15) is 59.6 Å². The van der Waals surface area contributed by atoms with Crippen molar-refractivity contribution >= 4 is 5.91 Å². The normalized spacial score (nSPS) is 25.8. The summed E-state index contributed by atoms with van der Waals surface area (Å²) < 4.78 is 85.0. The second-order valence-corrected chi connectivity index (χ2v) is 10.5. The Morgan fingerprint density at radius 2 is 1.54 bits per heavy atom. The molecule has 2 bridgehead atoms. The van der Waals surface area contributed by atoms with Crippen molar-refractivity contribution in [3.8, 4) is 0 Å². The van der Waals surface area contributed by atoms with E-state index in [9.17, 15) is 31.1 Å². The highest BCUT2D eigenvalue weighted by atomic mass is 19.4. The Morgan fingerprint density at radius 1 is 0.946 bits per heavy atom. The molecule has 2 aliphatic rings. The van der Waals surface area contributed by atoms with E-state index >= 15 is 0 Å². The molecule has 2 fully saturated rings. The number of alkyl halides is 6. The average Bonchev–Trinajstić information content (AvgIpc) is 3.06. The van der Waals surface area contributed by atoms with Crippen LogP contribution in [-0.2, 0) is 35.0 Å². The summed E-state index contributed by atoms with van der Waals surface area (Å²) in [6.45, 7) is 5.87. The van der Waals surface area contributed by atoms with Crippen LogP contribution in [0.5, 0.6) is 0 Å². The molecule has 2 heterocycles. The maximum absolute atomic E-state index is 13.2. The maximum atomic E-state index is 13.2.